The first-order valence-corrected chi connectivity index (χ1v) is 12.1. The molecule has 0 aromatic carbocycles. The number of anilines is 1. The number of carbonyl (C=O) groups excluding carboxylic acids is 2. The molecule has 3 aliphatic rings. The van der Waals surface area contributed by atoms with Gasteiger partial charge in [-0.05, 0) is 51.2 Å². The van der Waals surface area contributed by atoms with Crippen LogP contribution in [0.1, 0.15) is 67.2 Å². The van der Waals surface area contributed by atoms with Crippen LogP contribution in [0, 0.1) is 6.92 Å². The Labute approximate surface area is 194 Å². The van der Waals surface area contributed by atoms with Gasteiger partial charge in [-0.15, -0.1) is 0 Å². The van der Waals surface area contributed by atoms with Gasteiger partial charge in [-0.25, -0.2) is 9.97 Å². The Morgan fingerprint density at radius 3 is 2.73 bits per heavy atom. The molecule has 2 aromatic rings. The molecule has 1 atom stereocenters. The molecule has 8 nitrogen and oxygen atoms in total. The van der Waals surface area contributed by atoms with E-state index >= 15 is 0 Å². The van der Waals surface area contributed by atoms with Crippen LogP contribution in [0.25, 0.3) is 0 Å². The summed E-state index contributed by atoms with van der Waals surface area (Å²) in [5.41, 5.74) is 2.85. The fourth-order valence-electron chi connectivity index (χ4n) is 5.12. The van der Waals surface area contributed by atoms with Crippen LogP contribution in [-0.2, 0) is 27.3 Å². The van der Waals surface area contributed by atoms with Crippen molar-refractivity contribution in [2.45, 2.75) is 70.4 Å². The molecule has 0 N–H and O–H groups in total. The van der Waals surface area contributed by atoms with Crippen LogP contribution in [0.3, 0.4) is 0 Å². The highest BCUT2D eigenvalue weighted by Crippen LogP contribution is 2.33. The van der Waals surface area contributed by atoms with Gasteiger partial charge < -0.3 is 9.64 Å². The van der Waals surface area contributed by atoms with Crippen molar-refractivity contribution >= 4 is 17.6 Å². The maximum Gasteiger partial charge on any atom is 0.228 e. The minimum atomic E-state index is 0.0757. The summed E-state index contributed by atoms with van der Waals surface area (Å²) in [4.78, 5) is 43.3. The molecule has 5 heterocycles. The lowest BCUT2D eigenvalue weighted by Gasteiger charge is -2.33. The van der Waals surface area contributed by atoms with E-state index < -0.39 is 0 Å². The van der Waals surface area contributed by atoms with Gasteiger partial charge in [0.05, 0.1) is 24.8 Å². The van der Waals surface area contributed by atoms with Crippen molar-refractivity contribution in [1.82, 2.24) is 19.9 Å². The van der Waals surface area contributed by atoms with Crippen molar-refractivity contribution < 1.29 is 14.3 Å². The number of rotatable bonds is 5. The molecule has 8 heteroatoms. The van der Waals surface area contributed by atoms with Gasteiger partial charge in [-0.1, -0.05) is 6.07 Å². The van der Waals surface area contributed by atoms with Gasteiger partial charge in [-0.3, -0.25) is 19.5 Å². The summed E-state index contributed by atoms with van der Waals surface area (Å²) >= 11 is 0. The van der Waals surface area contributed by atoms with Gasteiger partial charge in [0.15, 0.2) is 0 Å². The van der Waals surface area contributed by atoms with E-state index in [0.29, 0.717) is 38.9 Å². The molecule has 174 valence electrons. The zero-order valence-corrected chi connectivity index (χ0v) is 19.2. The third kappa shape index (κ3) is 4.76. The highest BCUT2D eigenvalue weighted by Gasteiger charge is 2.32. The SMILES string of the molecule is Cc1nc(C2CCN(C(=O)C[C@@H]3CCCO3)CC2)nc2c1CCC(=O)N2Cc1ccccn1. The molecule has 2 amide bonds. The molecular weight excluding hydrogens is 418 g/mol. The molecule has 3 aliphatic heterocycles. The highest BCUT2D eigenvalue weighted by atomic mass is 16.5. The molecule has 0 radical (unpaired) electrons. The molecule has 2 saturated heterocycles. The van der Waals surface area contributed by atoms with Crippen molar-refractivity contribution in [3.05, 3.63) is 47.2 Å². The normalized spacial score (nSPS) is 21.4. The first kappa shape index (κ1) is 21.9. The third-order valence-corrected chi connectivity index (χ3v) is 7.04. The van der Waals surface area contributed by atoms with Gasteiger partial charge in [0.1, 0.15) is 11.6 Å². The summed E-state index contributed by atoms with van der Waals surface area (Å²) in [6.07, 6.45) is 7.17. The summed E-state index contributed by atoms with van der Waals surface area (Å²) in [6, 6.07) is 5.74. The highest BCUT2D eigenvalue weighted by molar-refractivity contribution is 5.95. The summed E-state index contributed by atoms with van der Waals surface area (Å²) in [6.45, 7) is 4.63. The Bertz CT molecular complexity index is 1010. The lowest BCUT2D eigenvalue weighted by atomic mass is 9.94. The Balaban J connectivity index is 1.30. The molecular formula is C25H31N5O3. The van der Waals surface area contributed by atoms with Gasteiger partial charge >= 0.3 is 0 Å². The molecule has 2 fully saturated rings. The quantitative estimate of drug-likeness (QED) is 0.697. The number of carbonyl (C=O) groups is 2. The molecule has 5 rings (SSSR count). The lowest BCUT2D eigenvalue weighted by Crippen LogP contribution is -2.40. The number of ether oxygens (including phenoxy) is 1. The van der Waals surface area contributed by atoms with Crippen molar-refractivity contribution in [2.24, 2.45) is 0 Å². The minimum absolute atomic E-state index is 0.0757. The van der Waals surface area contributed by atoms with E-state index in [1.54, 1.807) is 11.1 Å². The molecule has 0 spiro atoms. The van der Waals surface area contributed by atoms with Crippen LogP contribution in [0.5, 0.6) is 0 Å². The number of aryl methyl sites for hydroxylation is 1. The van der Waals surface area contributed by atoms with Gasteiger partial charge in [0, 0.05) is 49.5 Å². The summed E-state index contributed by atoms with van der Waals surface area (Å²) in [5.74, 6) is 1.98. The molecule has 0 bridgehead atoms. The smallest absolute Gasteiger partial charge is 0.228 e. The van der Waals surface area contributed by atoms with Gasteiger partial charge in [-0.2, -0.15) is 0 Å². The van der Waals surface area contributed by atoms with E-state index in [2.05, 4.69) is 4.98 Å². The number of nitrogens with zero attached hydrogens (tertiary/aromatic N) is 5. The van der Waals surface area contributed by atoms with Crippen LogP contribution in [0.15, 0.2) is 24.4 Å². The Hall–Kier alpha value is -2.87. The fraction of sp³-hybridized carbons (Fsp3) is 0.560. The number of piperidine rings is 1. The molecule has 0 saturated carbocycles. The van der Waals surface area contributed by atoms with Crippen LogP contribution in [0.4, 0.5) is 5.82 Å². The molecule has 2 aromatic heterocycles. The monoisotopic (exact) mass is 449 g/mol. The number of pyridine rings is 1. The van der Waals surface area contributed by atoms with Gasteiger partial charge in [0.25, 0.3) is 0 Å². The second kappa shape index (κ2) is 9.55. The summed E-state index contributed by atoms with van der Waals surface area (Å²) in [7, 11) is 0. The predicted octanol–water partition coefficient (Wildman–Crippen LogP) is 2.93. The predicted molar refractivity (Wildman–Crippen MR) is 123 cm³/mol. The van der Waals surface area contributed by atoms with Crippen LogP contribution in [-0.4, -0.2) is 57.5 Å². The molecule has 0 unspecified atom stereocenters. The second-order valence-corrected chi connectivity index (χ2v) is 9.26. The lowest BCUT2D eigenvalue weighted by molar-refractivity contribution is -0.134. The number of hydrogen-bond acceptors (Lipinski definition) is 6. The van der Waals surface area contributed by atoms with Crippen molar-refractivity contribution in [1.29, 1.82) is 0 Å². The van der Waals surface area contributed by atoms with Gasteiger partial charge in [0.2, 0.25) is 11.8 Å². The van der Waals surface area contributed by atoms with E-state index in [9.17, 15) is 9.59 Å². The standard InChI is InChI=1S/C25H31N5O3/c1-17-21-7-8-22(31)30(16-19-5-2-3-11-26-19)25(21)28-24(27-17)18-9-12-29(13-10-18)23(32)15-20-6-4-14-33-20/h2-3,5,11,18,20H,4,6-10,12-16H2,1H3/t20-/m0/s1. The molecule has 33 heavy (non-hydrogen) atoms. The Morgan fingerprint density at radius 2 is 2.00 bits per heavy atom. The maximum absolute atomic E-state index is 12.8. The zero-order valence-electron chi connectivity index (χ0n) is 19.2. The minimum Gasteiger partial charge on any atom is -0.378 e. The summed E-state index contributed by atoms with van der Waals surface area (Å²) < 4.78 is 5.63. The Kier molecular flexibility index (Phi) is 6.35. The third-order valence-electron chi connectivity index (χ3n) is 7.04. The Morgan fingerprint density at radius 1 is 1.15 bits per heavy atom. The van der Waals surface area contributed by atoms with Crippen LogP contribution < -0.4 is 4.90 Å². The number of amides is 2. The van der Waals surface area contributed by atoms with E-state index in [4.69, 9.17) is 14.7 Å². The van der Waals surface area contributed by atoms with Crippen LogP contribution >= 0.6 is 0 Å². The first-order valence-electron chi connectivity index (χ1n) is 12.1. The van der Waals surface area contributed by atoms with E-state index in [0.717, 1.165) is 60.9 Å². The second-order valence-electron chi connectivity index (χ2n) is 9.26. The average molecular weight is 450 g/mol. The number of hydrogen-bond donors (Lipinski definition) is 0. The van der Waals surface area contributed by atoms with Crippen molar-refractivity contribution in [3.8, 4) is 0 Å². The fourth-order valence-corrected chi connectivity index (χ4v) is 5.12. The zero-order chi connectivity index (χ0) is 22.8. The largest absolute Gasteiger partial charge is 0.378 e. The first-order chi connectivity index (χ1) is 16.1. The van der Waals surface area contributed by atoms with E-state index in [1.165, 1.54) is 0 Å². The topological polar surface area (TPSA) is 88.5 Å². The summed E-state index contributed by atoms with van der Waals surface area (Å²) in [5, 5.41) is 0. The number of likely N-dealkylation sites (tertiary alicyclic amines) is 1. The van der Waals surface area contributed by atoms with Crippen molar-refractivity contribution in [2.75, 3.05) is 24.6 Å². The maximum atomic E-state index is 12.8. The van der Waals surface area contributed by atoms with E-state index in [-0.39, 0.29) is 23.8 Å². The average Bonchev–Trinajstić information content (AvgIpc) is 3.34. The molecule has 0 aliphatic carbocycles. The number of aromatic nitrogens is 3. The number of fused-ring (bicyclic) bond motifs is 1. The van der Waals surface area contributed by atoms with Crippen molar-refractivity contribution in [3.63, 3.8) is 0 Å². The van der Waals surface area contributed by atoms with E-state index in [1.807, 2.05) is 30.0 Å². The van der Waals surface area contributed by atoms with Crippen LogP contribution in [0.2, 0.25) is 0 Å².